The molecule has 1 atom stereocenters. The van der Waals surface area contributed by atoms with Gasteiger partial charge in [0.2, 0.25) is 0 Å². The van der Waals surface area contributed by atoms with E-state index in [-0.39, 0.29) is 6.42 Å². The molecule has 0 saturated carbocycles. The molecule has 21 heavy (non-hydrogen) atoms. The molecule has 0 heterocycles. The summed E-state index contributed by atoms with van der Waals surface area (Å²) in [5.74, 6) is -0.876. The number of ether oxygens (including phenoxy) is 1. The van der Waals surface area contributed by atoms with Crippen LogP contribution in [0.5, 0.6) is 0 Å². The highest BCUT2D eigenvalue weighted by atomic mass is 19.3. The van der Waals surface area contributed by atoms with Crippen LogP contribution in [0.3, 0.4) is 0 Å². The molecule has 126 valence electrons. The predicted octanol–water partition coefficient (Wildman–Crippen LogP) is 5.79. The second kappa shape index (κ2) is 14.2. The largest absolute Gasteiger partial charge is 0.425 e. The maximum absolute atomic E-state index is 12.4. The lowest BCUT2D eigenvalue weighted by atomic mass is 10.1. The Labute approximate surface area is 126 Å². The van der Waals surface area contributed by atoms with Crippen LogP contribution in [0.4, 0.5) is 13.2 Å². The van der Waals surface area contributed by atoms with E-state index in [1.54, 1.807) is 0 Å². The highest BCUT2D eigenvalue weighted by molar-refractivity contribution is 5.69. The van der Waals surface area contributed by atoms with Crippen molar-refractivity contribution in [2.45, 2.75) is 96.8 Å². The lowest BCUT2D eigenvalue weighted by Gasteiger charge is -2.08. The van der Waals surface area contributed by atoms with Gasteiger partial charge in [0.05, 0.1) is 0 Å². The fraction of sp³-hybridized carbons (Fsp3) is 0.938. The summed E-state index contributed by atoms with van der Waals surface area (Å²) in [6, 6.07) is 0. The Bertz CT molecular complexity index is 248. The van der Waals surface area contributed by atoms with Crippen molar-refractivity contribution < 1.29 is 22.7 Å². The Hall–Kier alpha value is -0.740. The Balaban J connectivity index is 3.23. The summed E-state index contributed by atoms with van der Waals surface area (Å²) in [5, 5.41) is 0. The topological polar surface area (TPSA) is 26.3 Å². The molecule has 0 saturated heterocycles. The van der Waals surface area contributed by atoms with Crippen molar-refractivity contribution in [1.82, 2.24) is 0 Å². The number of carbonyl (C=O) groups excluding carboxylic acids is 1. The molecule has 5 heteroatoms. The number of unbranched alkanes of at least 4 members (excludes halogenated alkanes) is 10. The summed E-state index contributed by atoms with van der Waals surface area (Å²) in [4.78, 5) is 11.0. The smallest absolute Gasteiger partial charge is 0.308 e. The average Bonchev–Trinajstić information content (AvgIpc) is 2.44. The maximum atomic E-state index is 12.4. The van der Waals surface area contributed by atoms with Crippen molar-refractivity contribution >= 4 is 5.97 Å². The molecular weight excluding hydrogens is 281 g/mol. The van der Waals surface area contributed by atoms with Crippen LogP contribution >= 0.6 is 0 Å². The van der Waals surface area contributed by atoms with Gasteiger partial charge in [-0.15, -0.1) is 0 Å². The normalized spacial score (nSPS) is 12.6. The highest BCUT2D eigenvalue weighted by Crippen LogP contribution is 2.13. The first-order valence-electron chi connectivity index (χ1n) is 8.19. The number of hydrogen-bond donors (Lipinski definition) is 0. The number of rotatable bonds is 14. The van der Waals surface area contributed by atoms with Gasteiger partial charge < -0.3 is 4.74 Å². The van der Waals surface area contributed by atoms with E-state index in [2.05, 4.69) is 11.7 Å². The zero-order valence-corrected chi connectivity index (χ0v) is 13.1. The Kier molecular flexibility index (Phi) is 13.7. The Morgan fingerprint density at radius 1 is 0.810 bits per heavy atom. The van der Waals surface area contributed by atoms with Crippen molar-refractivity contribution in [1.29, 1.82) is 0 Å². The molecule has 0 spiro atoms. The summed E-state index contributed by atoms with van der Waals surface area (Å²) in [5.41, 5.74) is 0. The van der Waals surface area contributed by atoms with Gasteiger partial charge in [0, 0.05) is 6.42 Å². The van der Waals surface area contributed by atoms with Crippen molar-refractivity contribution in [3.8, 4) is 0 Å². The summed E-state index contributed by atoms with van der Waals surface area (Å²) < 4.78 is 39.9. The van der Waals surface area contributed by atoms with Gasteiger partial charge in [0.15, 0.2) is 0 Å². The minimum atomic E-state index is -3.26. The standard InChI is InChI=1S/C16H29F3O2/c1-2-3-4-5-6-7-8-9-10-11-12-13-14(20)21-16(19)15(17)18/h15-16H,2-13H2,1H3. The van der Waals surface area contributed by atoms with E-state index >= 15 is 0 Å². The van der Waals surface area contributed by atoms with E-state index in [4.69, 9.17) is 0 Å². The van der Waals surface area contributed by atoms with Gasteiger partial charge in [-0.05, 0) is 6.42 Å². The van der Waals surface area contributed by atoms with Crippen LogP contribution in [0.1, 0.15) is 84.0 Å². The fourth-order valence-electron chi connectivity index (χ4n) is 2.17. The first kappa shape index (κ1) is 20.3. The molecule has 0 aliphatic carbocycles. The van der Waals surface area contributed by atoms with E-state index < -0.39 is 18.8 Å². The lowest BCUT2D eigenvalue weighted by Crippen LogP contribution is -2.20. The number of hydrogen-bond acceptors (Lipinski definition) is 2. The predicted molar refractivity (Wildman–Crippen MR) is 78.1 cm³/mol. The van der Waals surface area contributed by atoms with Gasteiger partial charge >= 0.3 is 18.8 Å². The molecular formula is C16H29F3O2. The zero-order chi connectivity index (χ0) is 15.9. The molecule has 0 aromatic heterocycles. The van der Waals surface area contributed by atoms with Crippen LogP contribution in [0, 0.1) is 0 Å². The van der Waals surface area contributed by atoms with Crippen molar-refractivity contribution in [3.63, 3.8) is 0 Å². The van der Waals surface area contributed by atoms with Crippen molar-refractivity contribution in [2.75, 3.05) is 0 Å². The third kappa shape index (κ3) is 14.0. The van der Waals surface area contributed by atoms with Crippen molar-refractivity contribution in [2.24, 2.45) is 0 Å². The average molecular weight is 310 g/mol. The number of halogens is 3. The molecule has 0 bridgehead atoms. The van der Waals surface area contributed by atoms with Crippen LogP contribution in [-0.2, 0) is 9.53 Å². The summed E-state index contributed by atoms with van der Waals surface area (Å²) in [6.07, 6.45) is 6.53. The summed E-state index contributed by atoms with van der Waals surface area (Å²) >= 11 is 0. The summed E-state index contributed by atoms with van der Waals surface area (Å²) in [6.45, 7) is 2.21. The minimum absolute atomic E-state index is 0.0180. The molecule has 0 fully saturated rings. The van der Waals surface area contributed by atoms with Gasteiger partial charge in [0.1, 0.15) is 0 Å². The first-order valence-corrected chi connectivity index (χ1v) is 8.19. The summed E-state index contributed by atoms with van der Waals surface area (Å²) in [7, 11) is 0. The SMILES string of the molecule is CCCCCCCCCCCCCC(=O)OC(F)C(F)F. The fourth-order valence-corrected chi connectivity index (χ4v) is 2.17. The Morgan fingerprint density at radius 2 is 1.24 bits per heavy atom. The van der Waals surface area contributed by atoms with Crippen LogP contribution in [0.15, 0.2) is 0 Å². The molecule has 0 aliphatic rings. The van der Waals surface area contributed by atoms with E-state index in [0.29, 0.717) is 6.42 Å². The molecule has 0 rings (SSSR count). The monoisotopic (exact) mass is 310 g/mol. The number of alkyl halides is 3. The van der Waals surface area contributed by atoms with Gasteiger partial charge in [-0.3, -0.25) is 4.79 Å². The van der Waals surface area contributed by atoms with Crippen molar-refractivity contribution in [3.05, 3.63) is 0 Å². The van der Waals surface area contributed by atoms with Gasteiger partial charge in [-0.1, -0.05) is 71.1 Å². The first-order chi connectivity index (χ1) is 10.1. The van der Waals surface area contributed by atoms with Gasteiger partial charge in [-0.2, -0.15) is 4.39 Å². The molecule has 2 nitrogen and oxygen atoms in total. The molecule has 0 aliphatic heterocycles. The third-order valence-corrected chi connectivity index (χ3v) is 3.43. The van der Waals surface area contributed by atoms with Gasteiger partial charge in [-0.25, -0.2) is 8.78 Å². The highest BCUT2D eigenvalue weighted by Gasteiger charge is 2.22. The molecule has 0 N–H and O–H groups in total. The van der Waals surface area contributed by atoms with Crippen LogP contribution in [-0.4, -0.2) is 18.8 Å². The van der Waals surface area contributed by atoms with Crippen LogP contribution in [0.2, 0.25) is 0 Å². The maximum Gasteiger partial charge on any atom is 0.308 e. The number of esters is 1. The van der Waals surface area contributed by atoms with E-state index in [1.165, 1.54) is 44.9 Å². The Morgan fingerprint density at radius 3 is 1.67 bits per heavy atom. The molecule has 0 aromatic rings. The number of carbonyl (C=O) groups is 1. The van der Waals surface area contributed by atoms with Crippen LogP contribution in [0.25, 0.3) is 0 Å². The quantitative estimate of drug-likeness (QED) is 0.300. The molecule has 0 amide bonds. The molecule has 0 radical (unpaired) electrons. The molecule has 1 unspecified atom stereocenters. The lowest BCUT2D eigenvalue weighted by molar-refractivity contribution is -0.174. The second-order valence-electron chi connectivity index (χ2n) is 5.46. The second-order valence-corrected chi connectivity index (χ2v) is 5.46. The van der Waals surface area contributed by atoms with E-state index in [9.17, 15) is 18.0 Å². The minimum Gasteiger partial charge on any atom is -0.425 e. The van der Waals surface area contributed by atoms with E-state index in [0.717, 1.165) is 19.3 Å². The third-order valence-electron chi connectivity index (χ3n) is 3.43. The van der Waals surface area contributed by atoms with Crippen LogP contribution < -0.4 is 0 Å². The van der Waals surface area contributed by atoms with E-state index in [1.807, 2.05) is 0 Å². The zero-order valence-electron chi connectivity index (χ0n) is 13.1. The van der Waals surface area contributed by atoms with Gasteiger partial charge in [0.25, 0.3) is 0 Å². The molecule has 0 aromatic carbocycles.